The third kappa shape index (κ3) is 1.64. The van der Waals surface area contributed by atoms with Gasteiger partial charge >= 0.3 is 5.97 Å². The van der Waals surface area contributed by atoms with Gasteiger partial charge in [0.25, 0.3) is 0 Å². The van der Waals surface area contributed by atoms with Crippen LogP contribution in [0, 0.1) is 0 Å². The lowest BCUT2D eigenvalue weighted by Gasteiger charge is -2.12. The van der Waals surface area contributed by atoms with Gasteiger partial charge in [0.1, 0.15) is 5.25 Å². The minimum absolute atomic E-state index is 0.310. The van der Waals surface area contributed by atoms with Crippen LogP contribution in [0.4, 0.5) is 0 Å². The van der Waals surface area contributed by atoms with E-state index in [0.29, 0.717) is 6.42 Å². The quantitative estimate of drug-likeness (QED) is 0.530. The number of rotatable bonds is 1. The Labute approximate surface area is 57.3 Å². The van der Waals surface area contributed by atoms with E-state index in [1.807, 2.05) is 6.08 Å². The highest BCUT2D eigenvalue weighted by Crippen LogP contribution is 2.15. The van der Waals surface area contributed by atoms with Crippen LogP contribution in [0.2, 0.25) is 0 Å². The molecule has 0 amide bonds. The Morgan fingerprint density at radius 1 is 1.89 bits per heavy atom. The van der Waals surface area contributed by atoms with Gasteiger partial charge in [-0.1, -0.05) is 6.08 Å². The van der Waals surface area contributed by atoms with E-state index >= 15 is 0 Å². The number of allylic oxidation sites excluding steroid dienone is 1. The van der Waals surface area contributed by atoms with E-state index in [4.69, 9.17) is 5.11 Å². The second kappa shape index (κ2) is 2.77. The van der Waals surface area contributed by atoms with Crippen molar-refractivity contribution >= 4 is 17.9 Å². The molecule has 2 N–H and O–H groups in total. The summed E-state index contributed by atoms with van der Waals surface area (Å²) in [5.74, 6) is -0.753. The van der Waals surface area contributed by atoms with Crippen LogP contribution in [-0.2, 0) is 4.79 Å². The third-order valence-corrected chi connectivity index (χ3v) is 1.97. The lowest BCUT2D eigenvalue weighted by Crippen LogP contribution is -2.21. The van der Waals surface area contributed by atoms with Crippen LogP contribution >= 0.6 is 11.9 Å². The summed E-state index contributed by atoms with van der Waals surface area (Å²) in [6.07, 6.45) is 4.19. The van der Waals surface area contributed by atoms with Crippen molar-refractivity contribution in [1.82, 2.24) is 4.72 Å². The molecule has 1 unspecified atom stereocenters. The van der Waals surface area contributed by atoms with Crippen LogP contribution in [0.5, 0.6) is 0 Å². The van der Waals surface area contributed by atoms with E-state index in [1.54, 1.807) is 6.20 Å². The number of aliphatic carboxylic acids is 1. The van der Waals surface area contributed by atoms with Crippen LogP contribution in [0.1, 0.15) is 6.42 Å². The summed E-state index contributed by atoms with van der Waals surface area (Å²) < 4.78 is 2.77. The Morgan fingerprint density at radius 2 is 2.67 bits per heavy atom. The van der Waals surface area contributed by atoms with E-state index < -0.39 is 5.97 Å². The molecular weight excluding hydrogens is 138 g/mol. The van der Waals surface area contributed by atoms with Crippen molar-refractivity contribution < 1.29 is 9.90 Å². The van der Waals surface area contributed by atoms with E-state index in [9.17, 15) is 4.79 Å². The monoisotopic (exact) mass is 145 g/mol. The van der Waals surface area contributed by atoms with Gasteiger partial charge in [0.05, 0.1) is 0 Å². The summed E-state index contributed by atoms with van der Waals surface area (Å²) in [5.41, 5.74) is 0. The molecule has 0 saturated heterocycles. The molecule has 0 aromatic heterocycles. The molecule has 3 nitrogen and oxygen atoms in total. The maximum atomic E-state index is 10.3. The molecular formula is C5H7NO2S. The summed E-state index contributed by atoms with van der Waals surface area (Å²) in [6, 6.07) is 0. The van der Waals surface area contributed by atoms with E-state index in [1.165, 1.54) is 11.9 Å². The highest BCUT2D eigenvalue weighted by atomic mass is 32.2. The second-order valence-electron chi connectivity index (χ2n) is 1.70. The number of carboxylic acid groups (broad SMARTS) is 1. The van der Waals surface area contributed by atoms with Gasteiger partial charge in [0.15, 0.2) is 0 Å². The predicted molar refractivity (Wildman–Crippen MR) is 35.9 cm³/mol. The molecule has 0 radical (unpaired) electrons. The zero-order valence-corrected chi connectivity index (χ0v) is 5.52. The molecule has 0 bridgehead atoms. The largest absolute Gasteiger partial charge is 0.480 e. The Bertz CT molecular complexity index is 146. The van der Waals surface area contributed by atoms with E-state index in [-0.39, 0.29) is 5.25 Å². The van der Waals surface area contributed by atoms with Gasteiger partial charge in [-0.2, -0.15) is 0 Å². The molecule has 0 aromatic carbocycles. The maximum Gasteiger partial charge on any atom is 0.318 e. The first-order valence-corrected chi connectivity index (χ1v) is 3.47. The lowest BCUT2D eigenvalue weighted by atomic mass is 10.3. The molecule has 1 aliphatic heterocycles. The SMILES string of the molecule is O=C(O)C1CC=CNS1. The predicted octanol–water partition coefficient (Wildman–Crippen LogP) is 0.595. The highest BCUT2D eigenvalue weighted by Gasteiger charge is 2.17. The molecule has 1 rings (SSSR count). The van der Waals surface area contributed by atoms with Gasteiger partial charge in [-0.15, -0.1) is 0 Å². The first kappa shape index (κ1) is 6.48. The van der Waals surface area contributed by atoms with Gasteiger partial charge in [0, 0.05) is 6.20 Å². The Kier molecular flexibility index (Phi) is 2.00. The van der Waals surface area contributed by atoms with Gasteiger partial charge in [-0.25, -0.2) is 0 Å². The standard InChI is InChI=1S/C5H7NO2S/c7-5(8)4-2-1-3-6-9-4/h1,3-4,6H,2H2,(H,7,8). The zero-order valence-electron chi connectivity index (χ0n) is 4.70. The Morgan fingerprint density at radius 3 is 3.00 bits per heavy atom. The molecule has 1 atom stereocenters. The fraction of sp³-hybridized carbons (Fsp3) is 0.400. The topological polar surface area (TPSA) is 49.3 Å². The van der Waals surface area contributed by atoms with Gasteiger partial charge in [-0.3, -0.25) is 4.79 Å². The molecule has 0 fully saturated rings. The van der Waals surface area contributed by atoms with Crippen LogP contribution in [0.15, 0.2) is 12.3 Å². The number of hydrogen-bond acceptors (Lipinski definition) is 3. The molecule has 50 valence electrons. The molecule has 9 heavy (non-hydrogen) atoms. The van der Waals surface area contributed by atoms with Gasteiger partial charge in [0.2, 0.25) is 0 Å². The second-order valence-corrected chi connectivity index (χ2v) is 2.74. The van der Waals surface area contributed by atoms with Gasteiger partial charge in [-0.05, 0) is 18.4 Å². The normalized spacial score (nSPS) is 25.1. The minimum atomic E-state index is -0.753. The average Bonchev–Trinajstić information content (AvgIpc) is 1.90. The summed E-state index contributed by atoms with van der Waals surface area (Å²) in [7, 11) is 0. The van der Waals surface area contributed by atoms with Crippen molar-refractivity contribution in [3.05, 3.63) is 12.3 Å². The summed E-state index contributed by atoms with van der Waals surface area (Å²) in [5, 5.41) is 8.13. The smallest absolute Gasteiger partial charge is 0.318 e. The van der Waals surface area contributed by atoms with Crippen molar-refractivity contribution in [2.75, 3.05) is 0 Å². The molecule has 1 heterocycles. The summed E-state index contributed by atoms with van der Waals surface area (Å²) in [4.78, 5) is 10.3. The van der Waals surface area contributed by atoms with E-state index in [2.05, 4.69) is 4.72 Å². The number of carbonyl (C=O) groups is 1. The highest BCUT2D eigenvalue weighted by molar-refractivity contribution is 7.98. The van der Waals surface area contributed by atoms with Crippen LogP contribution in [0.3, 0.4) is 0 Å². The Balaban J connectivity index is 2.44. The fourth-order valence-corrected chi connectivity index (χ4v) is 1.21. The van der Waals surface area contributed by atoms with Crippen molar-refractivity contribution in [1.29, 1.82) is 0 Å². The van der Waals surface area contributed by atoms with Crippen molar-refractivity contribution in [3.8, 4) is 0 Å². The molecule has 0 spiro atoms. The van der Waals surface area contributed by atoms with Crippen molar-refractivity contribution in [3.63, 3.8) is 0 Å². The molecule has 1 aliphatic rings. The summed E-state index contributed by atoms with van der Waals surface area (Å²) >= 11 is 1.23. The van der Waals surface area contributed by atoms with Crippen LogP contribution in [0.25, 0.3) is 0 Å². The van der Waals surface area contributed by atoms with Crippen LogP contribution < -0.4 is 4.72 Å². The Hall–Kier alpha value is -0.640. The van der Waals surface area contributed by atoms with Crippen molar-refractivity contribution in [2.24, 2.45) is 0 Å². The summed E-state index contributed by atoms with van der Waals surface area (Å²) in [6.45, 7) is 0. The first-order chi connectivity index (χ1) is 4.30. The number of hydrogen-bond donors (Lipinski definition) is 2. The molecule has 4 heteroatoms. The first-order valence-electron chi connectivity index (χ1n) is 2.59. The third-order valence-electron chi connectivity index (χ3n) is 1.02. The van der Waals surface area contributed by atoms with Crippen molar-refractivity contribution in [2.45, 2.75) is 11.7 Å². The number of carboxylic acids is 1. The molecule has 0 saturated carbocycles. The number of nitrogens with one attached hydrogen (secondary N) is 1. The zero-order chi connectivity index (χ0) is 6.69. The minimum Gasteiger partial charge on any atom is -0.480 e. The van der Waals surface area contributed by atoms with Gasteiger partial charge < -0.3 is 9.83 Å². The lowest BCUT2D eigenvalue weighted by molar-refractivity contribution is -0.136. The molecule has 0 aromatic rings. The average molecular weight is 145 g/mol. The van der Waals surface area contributed by atoms with Crippen LogP contribution in [-0.4, -0.2) is 16.3 Å². The van der Waals surface area contributed by atoms with E-state index in [0.717, 1.165) is 0 Å². The maximum absolute atomic E-state index is 10.3. The fourth-order valence-electron chi connectivity index (χ4n) is 0.561. The molecule has 0 aliphatic carbocycles.